The fourth-order valence-electron chi connectivity index (χ4n) is 3.52. The van der Waals surface area contributed by atoms with E-state index in [9.17, 15) is 0 Å². The SMILES string of the molecule is CC1CCCCC12CN=C(N)N2c1ccccc1. The zero-order valence-electron chi connectivity index (χ0n) is 11.0. The molecular weight excluding hydrogens is 222 g/mol. The van der Waals surface area contributed by atoms with Gasteiger partial charge in [0.2, 0.25) is 0 Å². The summed E-state index contributed by atoms with van der Waals surface area (Å²) in [4.78, 5) is 6.83. The van der Waals surface area contributed by atoms with Crippen molar-refractivity contribution in [3.63, 3.8) is 0 Å². The van der Waals surface area contributed by atoms with Crippen molar-refractivity contribution in [2.45, 2.75) is 38.1 Å². The van der Waals surface area contributed by atoms with Crippen LogP contribution in [0.3, 0.4) is 0 Å². The number of nitrogens with two attached hydrogens (primary N) is 1. The minimum atomic E-state index is 0.129. The summed E-state index contributed by atoms with van der Waals surface area (Å²) in [5.41, 5.74) is 7.47. The molecule has 1 spiro atoms. The van der Waals surface area contributed by atoms with E-state index in [4.69, 9.17) is 5.73 Å². The van der Waals surface area contributed by atoms with Gasteiger partial charge in [-0.05, 0) is 30.9 Å². The average molecular weight is 243 g/mol. The van der Waals surface area contributed by atoms with Crippen LogP contribution in [0, 0.1) is 5.92 Å². The van der Waals surface area contributed by atoms with Crippen LogP contribution in [0.25, 0.3) is 0 Å². The molecule has 18 heavy (non-hydrogen) atoms. The molecule has 3 heteroatoms. The van der Waals surface area contributed by atoms with Gasteiger partial charge in [-0.3, -0.25) is 4.99 Å². The van der Waals surface area contributed by atoms with Gasteiger partial charge in [0.25, 0.3) is 0 Å². The second kappa shape index (κ2) is 4.30. The topological polar surface area (TPSA) is 41.6 Å². The molecule has 2 atom stereocenters. The van der Waals surface area contributed by atoms with Crippen molar-refractivity contribution in [2.75, 3.05) is 11.4 Å². The molecule has 1 heterocycles. The van der Waals surface area contributed by atoms with Gasteiger partial charge in [-0.2, -0.15) is 0 Å². The highest BCUT2D eigenvalue weighted by Gasteiger charge is 2.47. The first kappa shape index (κ1) is 11.6. The molecule has 0 radical (unpaired) electrons. The number of anilines is 1. The van der Waals surface area contributed by atoms with E-state index >= 15 is 0 Å². The van der Waals surface area contributed by atoms with E-state index in [0.717, 1.165) is 6.54 Å². The normalized spacial score (nSPS) is 31.7. The molecule has 0 saturated heterocycles. The smallest absolute Gasteiger partial charge is 0.196 e. The maximum absolute atomic E-state index is 6.15. The Morgan fingerprint density at radius 3 is 2.78 bits per heavy atom. The van der Waals surface area contributed by atoms with Crippen molar-refractivity contribution in [1.82, 2.24) is 0 Å². The van der Waals surface area contributed by atoms with Crippen molar-refractivity contribution < 1.29 is 0 Å². The lowest BCUT2D eigenvalue weighted by Crippen LogP contribution is -2.57. The third-order valence-corrected chi connectivity index (χ3v) is 4.62. The molecule has 1 saturated carbocycles. The van der Waals surface area contributed by atoms with E-state index in [0.29, 0.717) is 11.9 Å². The molecular formula is C15H21N3. The predicted molar refractivity (Wildman–Crippen MR) is 75.8 cm³/mol. The first-order chi connectivity index (χ1) is 8.74. The summed E-state index contributed by atoms with van der Waals surface area (Å²) in [5, 5.41) is 0. The average Bonchev–Trinajstić information content (AvgIpc) is 2.73. The highest BCUT2D eigenvalue weighted by atomic mass is 15.4. The van der Waals surface area contributed by atoms with Gasteiger partial charge in [-0.1, -0.05) is 38.0 Å². The summed E-state index contributed by atoms with van der Waals surface area (Å²) in [5.74, 6) is 1.34. The zero-order valence-corrected chi connectivity index (χ0v) is 11.0. The predicted octanol–water partition coefficient (Wildman–Crippen LogP) is 2.77. The van der Waals surface area contributed by atoms with Crippen LogP contribution in [-0.2, 0) is 0 Å². The highest BCUT2D eigenvalue weighted by molar-refractivity contribution is 5.98. The van der Waals surface area contributed by atoms with Crippen LogP contribution in [0.1, 0.15) is 32.6 Å². The Morgan fingerprint density at radius 1 is 1.28 bits per heavy atom. The van der Waals surface area contributed by atoms with Gasteiger partial charge >= 0.3 is 0 Å². The second-order valence-electron chi connectivity index (χ2n) is 5.60. The van der Waals surface area contributed by atoms with Gasteiger partial charge in [0.05, 0.1) is 12.1 Å². The molecule has 3 nitrogen and oxygen atoms in total. The van der Waals surface area contributed by atoms with E-state index in [2.05, 4.69) is 41.1 Å². The van der Waals surface area contributed by atoms with Crippen molar-refractivity contribution >= 4 is 11.6 Å². The summed E-state index contributed by atoms with van der Waals surface area (Å²) < 4.78 is 0. The minimum absolute atomic E-state index is 0.129. The van der Waals surface area contributed by atoms with E-state index in [1.54, 1.807) is 0 Å². The molecule has 0 aromatic heterocycles. The number of hydrogen-bond donors (Lipinski definition) is 1. The number of nitrogens with zero attached hydrogens (tertiary/aromatic N) is 2. The van der Waals surface area contributed by atoms with Crippen LogP contribution < -0.4 is 10.6 Å². The third kappa shape index (κ3) is 1.61. The van der Waals surface area contributed by atoms with Crippen LogP contribution in [0.2, 0.25) is 0 Å². The first-order valence-corrected chi connectivity index (χ1v) is 6.89. The second-order valence-corrected chi connectivity index (χ2v) is 5.60. The number of para-hydroxylation sites is 1. The van der Waals surface area contributed by atoms with Gasteiger partial charge in [0, 0.05) is 5.69 Å². The summed E-state index contributed by atoms with van der Waals surface area (Å²) in [6.07, 6.45) is 5.11. The quantitative estimate of drug-likeness (QED) is 0.824. The lowest BCUT2D eigenvalue weighted by Gasteiger charge is -2.46. The lowest BCUT2D eigenvalue weighted by molar-refractivity contribution is 0.224. The Kier molecular flexibility index (Phi) is 2.77. The van der Waals surface area contributed by atoms with Crippen LogP contribution in [0.5, 0.6) is 0 Å². The molecule has 2 N–H and O–H groups in total. The minimum Gasteiger partial charge on any atom is -0.369 e. The maximum atomic E-state index is 6.15. The first-order valence-electron chi connectivity index (χ1n) is 6.89. The summed E-state index contributed by atoms with van der Waals surface area (Å²) in [6, 6.07) is 10.5. The number of hydrogen-bond acceptors (Lipinski definition) is 3. The maximum Gasteiger partial charge on any atom is 0.196 e. The summed E-state index contributed by atoms with van der Waals surface area (Å²) >= 11 is 0. The Bertz CT molecular complexity index is 454. The molecule has 2 unspecified atom stereocenters. The van der Waals surface area contributed by atoms with Crippen LogP contribution in [-0.4, -0.2) is 18.0 Å². The zero-order chi connectivity index (χ0) is 12.6. The third-order valence-electron chi connectivity index (χ3n) is 4.62. The molecule has 0 bridgehead atoms. The molecule has 3 rings (SSSR count). The van der Waals surface area contributed by atoms with E-state index in [-0.39, 0.29) is 5.54 Å². The molecule has 96 valence electrons. The fourth-order valence-corrected chi connectivity index (χ4v) is 3.52. The van der Waals surface area contributed by atoms with Crippen LogP contribution in [0.4, 0.5) is 5.69 Å². The highest BCUT2D eigenvalue weighted by Crippen LogP contribution is 2.43. The van der Waals surface area contributed by atoms with Gasteiger partial charge in [-0.25, -0.2) is 0 Å². The van der Waals surface area contributed by atoms with E-state index < -0.39 is 0 Å². The monoisotopic (exact) mass is 243 g/mol. The van der Waals surface area contributed by atoms with Crippen LogP contribution >= 0.6 is 0 Å². The van der Waals surface area contributed by atoms with Crippen molar-refractivity contribution in [3.8, 4) is 0 Å². The van der Waals surface area contributed by atoms with Gasteiger partial charge < -0.3 is 10.6 Å². The van der Waals surface area contributed by atoms with E-state index in [1.165, 1.54) is 31.4 Å². The summed E-state index contributed by atoms with van der Waals surface area (Å²) in [6.45, 7) is 3.21. The molecule has 1 aromatic rings. The Morgan fingerprint density at radius 2 is 2.06 bits per heavy atom. The van der Waals surface area contributed by atoms with Gasteiger partial charge in [-0.15, -0.1) is 0 Å². The largest absolute Gasteiger partial charge is 0.369 e. The summed E-state index contributed by atoms with van der Waals surface area (Å²) in [7, 11) is 0. The molecule has 2 aliphatic rings. The number of rotatable bonds is 1. The Labute approximate surface area is 109 Å². The number of aliphatic imine (C=N–C) groups is 1. The van der Waals surface area contributed by atoms with Crippen molar-refractivity contribution in [1.29, 1.82) is 0 Å². The fraction of sp³-hybridized carbons (Fsp3) is 0.533. The molecule has 0 amide bonds. The van der Waals surface area contributed by atoms with E-state index in [1.807, 2.05) is 6.07 Å². The number of guanidine groups is 1. The van der Waals surface area contributed by atoms with Crippen LogP contribution in [0.15, 0.2) is 35.3 Å². The van der Waals surface area contributed by atoms with Crippen molar-refractivity contribution in [3.05, 3.63) is 30.3 Å². The van der Waals surface area contributed by atoms with Gasteiger partial charge in [0.1, 0.15) is 0 Å². The number of benzene rings is 1. The standard InChI is InChI=1S/C15H21N3/c1-12-7-5-6-10-15(12)11-17-14(16)18(15)13-8-3-2-4-9-13/h2-4,8-9,12H,5-7,10-11H2,1H3,(H2,16,17). The van der Waals surface area contributed by atoms with Crippen molar-refractivity contribution in [2.24, 2.45) is 16.6 Å². The molecule has 1 aromatic carbocycles. The Hall–Kier alpha value is -1.51. The Balaban J connectivity index is 2.01. The lowest BCUT2D eigenvalue weighted by atomic mass is 9.73. The molecule has 1 aliphatic carbocycles. The molecule has 1 aliphatic heterocycles. The molecule has 1 fully saturated rings. The van der Waals surface area contributed by atoms with Gasteiger partial charge in [0.15, 0.2) is 5.96 Å².